The smallest absolute Gasteiger partial charge is 0.223 e. The van der Waals surface area contributed by atoms with Gasteiger partial charge in [0.05, 0.1) is 0 Å². The van der Waals surface area contributed by atoms with Crippen LogP contribution in [0.1, 0.15) is 12.8 Å². The van der Waals surface area contributed by atoms with Gasteiger partial charge < -0.3 is 20.0 Å². The Balaban J connectivity index is 1.41. The number of nitrogens with zero attached hydrogens (tertiary/aromatic N) is 4. The predicted octanol–water partition coefficient (Wildman–Crippen LogP) is -0.0578. The van der Waals surface area contributed by atoms with Gasteiger partial charge in [-0.3, -0.25) is 9.59 Å². The van der Waals surface area contributed by atoms with Crippen LogP contribution in [0.3, 0.4) is 0 Å². The van der Waals surface area contributed by atoms with E-state index >= 15 is 0 Å². The van der Waals surface area contributed by atoms with Crippen molar-refractivity contribution in [1.29, 1.82) is 0 Å². The van der Waals surface area contributed by atoms with Crippen molar-refractivity contribution < 1.29 is 9.59 Å². The van der Waals surface area contributed by atoms with Crippen molar-refractivity contribution in [1.82, 2.24) is 20.1 Å². The molecule has 1 N–H and O–H groups in total. The first-order valence-electron chi connectivity index (χ1n) is 8.66. The van der Waals surface area contributed by atoms with Gasteiger partial charge in [-0.25, -0.2) is 4.98 Å². The van der Waals surface area contributed by atoms with E-state index in [4.69, 9.17) is 0 Å². The summed E-state index contributed by atoms with van der Waals surface area (Å²) in [6.07, 6.45) is 2.42. The summed E-state index contributed by atoms with van der Waals surface area (Å²) in [6.45, 7) is 6.13. The first-order chi connectivity index (χ1) is 11.7. The van der Waals surface area contributed by atoms with Gasteiger partial charge >= 0.3 is 0 Å². The maximum atomic E-state index is 12.3. The normalized spacial score (nSPS) is 18.6. The van der Waals surface area contributed by atoms with Crippen molar-refractivity contribution in [2.24, 2.45) is 0 Å². The highest BCUT2D eigenvalue weighted by atomic mass is 16.2. The van der Waals surface area contributed by atoms with Gasteiger partial charge in [0.25, 0.3) is 0 Å². The summed E-state index contributed by atoms with van der Waals surface area (Å²) in [7, 11) is 0. The van der Waals surface area contributed by atoms with Crippen molar-refractivity contribution in [2.45, 2.75) is 12.8 Å². The molecule has 2 amide bonds. The summed E-state index contributed by atoms with van der Waals surface area (Å²) in [6, 6.07) is 5.86. The average Bonchev–Trinajstić information content (AvgIpc) is 2.67. The van der Waals surface area contributed by atoms with E-state index in [0.29, 0.717) is 25.9 Å². The van der Waals surface area contributed by atoms with E-state index in [1.165, 1.54) is 0 Å². The maximum Gasteiger partial charge on any atom is 0.223 e. The van der Waals surface area contributed by atoms with Gasteiger partial charge in [-0.15, -0.1) is 0 Å². The van der Waals surface area contributed by atoms with Crippen molar-refractivity contribution in [3.05, 3.63) is 24.4 Å². The number of hydrogen-bond donors (Lipinski definition) is 1. The fourth-order valence-corrected chi connectivity index (χ4v) is 3.17. The van der Waals surface area contributed by atoms with E-state index in [1.54, 1.807) is 6.20 Å². The van der Waals surface area contributed by atoms with E-state index in [0.717, 1.165) is 45.1 Å². The number of pyridine rings is 1. The Kier molecular flexibility index (Phi) is 5.63. The zero-order valence-corrected chi connectivity index (χ0v) is 14.0. The topological polar surface area (TPSA) is 68.8 Å². The van der Waals surface area contributed by atoms with Crippen molar-refractivity contribution in [3.8, 4) is 0 Å². The molecule has 2 fully saturated rings. The average molecular weight is 331 g/mol. The number of nitrogens with one attached hydrogen (secondary N) is 1. The van der Waals surface area contributed by atoms with Gasteiger partial charge in [0, 0.05) is 71.4 Å². The van der Waals surface area contributed by atoms with Crippen LogP contribution in [0, 0.1) is 0 Å². The zero-order valence-electron chi connectivity index (χ0n) is 14.0. The minimum Gasteiger partial charge on any atom is -0.353 e. The molecule has 3 heterocycles. The van der Waals surface area contributed by atoms with Crippen LogP contribution in [-0.4, -0.2) is 79.0 Å². The molecule has 3 rings (SSSR count). The summed E-state index contributed by atoms with van der Waals surface area (Å²) in [5, 5.41) is 3.22. The Morgan fingerprint density at radius 1 is 0.917 bits per heavy atom. The van der Waals surface area contributed by atoms with Gasteiger partial charge in [0.2, 0.25) is 11.8 Å². The van der Waals surface area contributed by atoms with Crippen LogP contribution in [0.25, 0.3) is 0 Å². The number of aromatic nitrogens is 1. The second-order valence-corrected chi connectivity index (χ2v) is 6.19. The molecule has 2 aliphatic rings. The number of hydrogen-bond acceptors (Lipinski definition) is 5. The molecule has 24 heavy (non-hydrogen) atoms. The first kappa shape index (κ1) is 16.7. The van der Waals surface area contributed by atoms with Gasteiger partial charge in [-0.1, -0.05) is 6.07 Å². The lowest BCUT2D eigenvalue weighted by Gasteiger charge is -2.35. The Bertz CT molecular complexity index is 551. The molecule has 0 aliphatic carbocycles. The minimum atomic E-state index is 0.0826. The third-order valence-electron chi connectivity index (χ3n) is 4.63. The standard InChI is InChI=1S/C17H25N5O2/c23-16(21-9-7-18-8-10-21)4-5-17(24)22-13-11-20(12-14-22)15-3-1-2-6-19-15/h1-3,6,18H,4-5,7-14H2. The Morgan fingerprint density at radius 2 is 1.54 bits per heavy atom. The van der Waals surface area contributed by atoms with Crippen LogP contribution in [0.15, 0.2) is 24.4 Å². The Morgan fingerprint density at radius 3 is 2.12 bits per heavy atom. The molecule has 0 atom stereocenters. The zero-order chi connectivity index (χ0) is 16.8. The molecular weight excluding hydrogens is 306 g/mol. The fraction of sp³-hybridized carbons (Fsp3) is 0.588. The fourth-order valence-electron chi connectivity index (χ4n) is 3.17. The molecule has 0 bridgehead atoms. The van der Waals surface area contributed by atoms with Crippen LogP contribution in [0.2, 0.25) is 0 Å². The van der Waals surface area contributed by atoms with Crippen LogP contribution < -0.4 is 10.2 Å². The SMILES string of the molecule is O=C(CCC(=O)N1CCN(c2ccccn2)CC1)N1CCNCC1. The van der Waals surface area contributed by atoms with E-state index < -0.39 is 0 Å². The predicted molar refractivity (Wildman–Crippen MR) is 91.7 cm³/mol. The lowest BCUT2D eigenvalue weighted by molar-refractivity contribution is -0.137. The number of carbonyl (C=O) groups is 2. The van der Waals surface area contributed by atoms with Gasteiger partial charge in [0.15, 0.2) is 0 Å². The molecule has 2 saturated heterocycles. The second-order valence-electron chi connectivity index (χ2n) is 6.19. The number of rotatable bonds is 4. The molecule has 1 aromatic rings. The summed E-state index contributed by atoms with van der Waals surface area (Å²) < 4.78 is 0. The molecular formula is C17H25N5O2. The molecule has 0 unspecified atom stereocenters. The van der Waals surface area contributed by atoms with Crippen LogP contribution in [0.5, 0.6) is 0 Å². The molecule has 2 aliphatic heterocycles. The third kappa shape index (κ3) is 4.23. The van der Waals surface area contributed by atoms with Gasteiger partial charge in [-0.2, -0.15) is 0 Å². The quantitative estimate of drug-likeness (QED) is 0.837. The summed E-state index contributed by atoms with van der Waals surface area (Å²) >= 11 is 0. The summed E-state index contributed by atoms with van der Waals surface area (Å²) in [5.41, 5.74) is 0. The Hall–Kier alpha value is -2.15. The number of carbonyl (C=O) groups excluding carboxylic acids is 2. The van der Waals surface area contributed by atoms with E-state index in [-0.39, 0.29) is 11.8 Å². The monoisotopic (exact) mass is 331 g/mol. The highest BCUT2D eigenvalue weighted by Crippen LogP contribution is 2.13. The van der Waals surface area contributed by atoms with E-state index in [1.807, 2.05) is 28.0 Å². The molecule has 7 heteroatoms. The molecule has 0 radical (unpaired) electrons. The van der Waals surface area contributed by atoms with Crippen molar-refractivity contribution >= 4 is 17.6 Å². The van der Waals surface area contributed by atoms with E-state index in [2.05, 4.69) is 15.2 Å². The van der Waals surface area contributed by atoms with E-state index in [9.17, 15) is 9.59 Å². The third-order valence-corrected chi connectivity index (χ3v) is 4.63. The largest absolute Gasteiger partial charge is 0.353 e. The lowest BCUT2D eigenvalue weighted by atomic mass is 10.2. The molecule has 0 spiro atoms. The number of piperazine rings is 2. The van der Waals surface area contributed by atoms with Crippen LogP contribution in [0.4, 0.5) is 5.82 Å². The number of anilines is 1. The summed E-state index contributed by atoms with van der Waals surface area (Å²) in [4.78, 5) is 34.7. The lowest BCUT2D eigenvalue weighted by Crippen LogP contribution is -2.49. The van der Waals surface area contributed by atoms with Crippen molar-refractivity contribution in [2.75, 3.05) is 57.3 Å². The molecule has 0 aromatic carbocycles. The number of amides is 2. The van der Waals surface area contributed by atoms with Crippen LogP contribution >= 0.6 is 0 Å². The molecule has 130 valence electrons. The highest BCUT2D eigenvalue weighted by Gasteiger charge is 2.23. The van der Waals surface area contributed by atoms with Crippen LogP contribution in [-0.2, 0) is 9.59 Å². The Labute approximate surface area is 142 Å². The second kappa shape index (κ2) is 8.10. The van der Waals surface area contributed by atoms with Gasteiger partial charge in [-0.05, 0) is 12.1 Å². The molecule has 1 aromatic heterocycles. The van der Waals surface area contributed by atoms with Gasteiger partial charge in [0.1, 0.15) is 5.82 Å². The highest BCUT2D eigenvalue weighted by molar-refractivity contribution is 5.84. The minimum absolute atomic E-state index is 0.0826. The van der Waals surface area contributed by atoms with Crippen molar-refractivity contribution in [3.63, 3.8) is 0 Å². The molecule has 0 saturated carbocycles. The first-order valence-corrected chi connectivity index (χ1v) is 8.66. The maximum absolute atomic E-state index is 12.3. The molecule has 7 nitrogen and oxygen atoms in total. The summed E-state index contributed by atoms with van der Waals surface area (Å²) in [5.74, 6) is 1.13.